The molecule has 84 valence electrons. The van der Waals surface area contributed by atoms with Gasteiger partial charge in [0.15, 0.2) is 0 Å². The van der Waals surface area contributed by atoms with Gasteiger partial charge < -0.3 is 0 Å². The highest BCUT2D eigenvalue weighted by Gasteiger charge is 2.30. The van der Waals surface area contributed by atoms with Crippen molar-refractivity contribution in [3.8, 4) is 0 Å². The molecule has 1 heteroatoms. The maximum atomic E-state index is 10.9. The molecule has 0 aromatic heterocycles. The van der Waals surface area contributed by atoms with Gasteiger partial charge in [-0.3, -0.25) is 4.79 Å². The molecule has 1 atom stereocenters. The second kappa shape index (κ2) is 4.78. The van der Waals surface area contributed by atoms with Gasteiger partial charge in [-0.15, -0.1) is 0 Å². The molecule has 1 aliphatic rings. The average molecular weight is 206 g/mol. The predicted octanol–water partition coefficient (Wildman–Crippen LogP) is 3.90. The van der Waals surface area contributed by atoms with Crippen LogP contribution in [0.5, 0.6) is 0 Å². The van der Waals surface area contributed by atoms with Crippen LogP contribution >= 0.6 is 0 Å². The van der Waals surface area contributed by atoms with E-state index < -0.39 is 0 Å². The Balaban J connectivity index is 2.72. The maximum absolute atomic E-state index is 10.9. The largest absolute Gasteiger partial charge is 0.300 e. The summed E-state index contributed by atoms with van der Waals surface area (Å²) in [5.74, 6) is 0.743. The normalized spacial score (nSPS) is 25.3. The fourth-order valence-electron chi connectivity index (χ4n) is 2.35. The molecule has 0 saturated heterocycles. The van der Waals surface area contributed by atoms with Crippen molar-refractivity contribution < 1.29 is 4.79 Å². The summed E-state index contributed by atoms with van der Waals surface area (Å²) in [6, 6.07) is 0. The molecule has 0 saturated carbocycles. The minimum Gasteiger partial charge on any atom is -0.300 e. The van der Waals surface area contributed by atoms with Gasteiger partial charge in [-0.1, -0.05) is 37.6 Å². The Hall–Kier alpha value is -0.850. The van der Waals surface area contributed by atoms with Crippen molar-refractivity contribution in [2.45, 2.75) is 47.0 Å². The first-order valence-corrected chi connectivity index (χ1v) is 5.76. The second-order valence-corrected chi connectivity index (χ2v) is 5.29. The van der Waals surface area contributed by atoms with E-state index >= 15 is 0 Å². The summed E-state index contributed by atoms with van der Waals surface area (Å²) in [6.07, 6.45) is 9.56. The number of hydrogen-bond donors (Lipinski definition) is 0. The zero-order valence-electron chi connectivity index (χ0n) is 10.3. The summed E-state index contributed by atoms with van der Waals surface area (Å²) >= 11 is 0. The highest BCUT2D eigenvalue weighted by molar-refractivity contribution is 5.76. The van der Waals surface area contributed by atoms with Crippen LogP contribution in [0.2, 0.25) is 0 Å². The molecule has 1 unspecified atom stereocenters. The van der Waals surface area contributed by atoms with E-state index in [4.69, 9.17) is 0 Å². The van der Waals surface area contributed by atoms with Crippen LogP contribution in [0.15, 0.2) is 23.8 Å². The summed E-state index contributed by atoms with van der Waals surface area (Å²) in [7, 11) is 0. The Bertz CT molecular complexity index is 294. The van der Waals surface area contributed by atoms with Crippen LogP contribution in [-0.2, 0) is 4.79 Å². The number of allylic oxidation sites excluding steroid dienone is 4. The first-order chi connectivity index (χ1) is 6.93. The van der Waals surface area contributed by atoms with Crippen LogP contribution < -0.4 is 0 Å². The van der Waals surface area contributed by atoms with E-state index in [9.17, 15) is 4.79 Å². The van der Waals surface area contributed by atoms with E-state index in [-0.39, 0.29) is 5.78 Å². The molecule has 0 spiro atoms. The van der Waals surface area contributed by atoms with E-state index in [0.717, 1.165) is 0 Å². The Morgan fingerprint density at radius 1 is 1.60 bits per heavy atom. The van der Waals surface area contributed by atoms with E-state index in [2.05, 4.69) is 32.9 Å². The van der Waals surface area contributed by atoms with Crippen molar-refractivity contribution in [1.29, 1.82) is 0 Å². The minimum absolute atomic E-state index is 0.237. The standard InChI is InChI=1S/C14H22O/c1-11-7-6-10-14(3,4)13(11)9-5-8-12(2)15/h5,7,9,13H,6,8,10H2,1-4H3/b9-5+. The molecule has 0 fully saturated rings. The summed E-state index contributed by atoms with van der Waals surface area (Å²) in [6.45, 7) is 8.46. The van der Waals surface area contributed by atoms with Gasteiger partial charge in [0.1, 0.15) is 5.78 Å². The third-order valence-corrected chi connectivity index (χ3v) is 3.32. The molecule has 0 bridgehead atoms. The molecule has 0 N–H and O–H groups in total. The van der Waals surface area contributed by atoms with Crippen LogP contribution in [0.3, 0.4) is 0 Å². The van der Waals surface area contributed by atoms with Crippen LogP contribution in [0.25, 0.3) is 0 Å². The second-order valence-electron chi connectivity index (χ2n) is 5.29. The number of Topliss-reactive ketones (excluding diaryl/α,β-unsaturated/α-hetero) is 1. The van der Waals surface area contributed by atoms with Crippen molar-refractivity contribution in [2.75, 3.05) is 0 Å². The van der Waals surface area contributed by atoms with Crippen molar-refractivity contribution in [2.24, 2.45) is 11.3 Å². The van der Waals surface area contributed by atoms with Gasteiger partial charge in [0.25, 0.3) is 0 Å². The Morgan fingerprint density at radius 3 is 2.80 bits per heavy atom. The molecule has 0 aromatic carbocycles. The predicted molar refractivity (Wildman–Crippen MR) is 64.7 cm³/mol. The smallest absolute Gasteiger partial charge is 0.133 e. The number of ketones is 1. The van der Waals surface area contributed by atoms with Crippen molar-refractivity contribution in [3.63, 3.8) is 0 Å². The molecule has 15 heavy (non-hydrogen) atoms. The van der Waals surface area contributed by atoms with Gasteiger partial charge in [-0.2, -0.15) is 0 Å². The van der Waals surface area contributed by atoms with Gasteiger partial charge in [0.05, 0.1) is 0 Å². The molecular formula is C14H22O. The maximum Gasteiger partial charge on any atom is 0.133 e. The highest BCUT2D eigenvalue weighted by atomic mass is 16.1. The van der Waals surface area contributed by atoms with Crippen LogP contribution in [-0.4, -0.2) is 5.78 Å². The van der Waals surface area contributed by atoms with E-state index in [1.165, 1.54) is 18.4 Å². The van der Waals surface area contributed by atoms with Gasteiger partial charge in [-0.05, 0) is 32.1 Å². The zero-order valence-corrected chi connectivity index (χ0v) is 10.3. The molecule has 0 aliphatic heterocycles. The monoisotopic (exact) mass is 206 g/mol. The fraction of sp³-hybridized carbons (Fsp3) is 0.643. The van der Waals surface area contributed by atoms with Crippen LogP contribution in [0.1, 0.15) is 47.0 Å². The average Bonchev–Trinajstić information content (AvgIpc) is 2.09. The van der Waals surface area contributed by atoms with Crippen LogP contribution in [0.4, 0.5) is 0 Å². The molecule has 1 rings (SSSR count). The zero-order chi connectivity index (χ0) is 11.5. The molecule has 1 nitrogen and oxygen atoms in total. The summed E-state index contributed by atoms with van der Waals surface area (Å²) in [5.41, 5.74) is 1.79. The molecule has 1 aliphatic carbocycles. The summed E-state index contributed by atoms with van der Waals surface area (Å²) in [5, 5.41) is 0. The number of hydrogen-bond acceptors (Lipinski definition) is 1. The summed E-state index contributed by atoms with van der Waals surface area (Å²) < 4.78 is 0. The van der Waals surface area contributed by atoms with Crippen molar-refractivity contribution >= 4 is 5.78 Å². The SMILES string of the molecule is CC(=O)C/C=C/C1C(C)=CCCC1(C)C. The van der Waals surface area contributed by atoms with Gasteiger partial charge in [-0.25, -0.2) is 0 Å². The van der Waals surface area contributed by atoms with Crippen molar-refractivity contribution in [1.82, 2.24) is 0 Å². The summed E-state index contributed by atoms with van der Waals surface area (Å²) in [4.78, 5) is 10.9. The molecular weight excluding hydrogens is 184 g/mol. The number of carbonyl (C=O) groups is 1. The Kier molecular flexibility index (Phi) is 3.90. The Morgan fingerprint density at radius 2 is 2.27 bits per heavy atom. The van der Waals surface area contributed by atoms with E-state index in [1.807, 2.05) is 6.08 Å². The third kappa shape index (κ3) is 3.33. The van der Waals surface area contributed by atoms with E-state index in [1.54, 1.807) is 6.92 Å². The lowest BCUT2D eigenvalue weighted by atomic mass is 9.68. The lowest BCUT2D eigenvalue weighted by Gasteiger charge is -2.36. The van der Waals surface area contributed by atoms with E-state index in [0.29, 0.717) is 17.8 Å². The number of carbonyl (C=O) groups excluding carboxylic acids is 1. The highest BCUT2D eigenvalue weighted by Crippen LogP contribution is 2.41. The Labute approximate surface area is 93.3 Å². The van der Waals surface area contributed by atoms with Gasteiger partial charge in [0, 0.05) is 12.3 Å². The van der Waals surface area contributed by atoms with Gasteiger partial charge >= 0.3 is 0 Å². The third-order valence-electron chi connectivity index (χ3n) is 3.32. The lowest BCUT2D eigenvalue weighted by molar-refractivity contribution is -0.116. The molecule has 0 radical (unpaired) electrons. The number of rotatable bonds is 3. The van der Waals surface area contributed by atoms with Gasteiger partial charge in [0.2, 0.25) is 0 Å². The first kappa shape index (κ1) is 12.2. The molecule has 0 amide bonds. The molecule has 0 aromatic rings. The molecule has 0 heterocycles. The van der Waals surface area contributed by atoms with Crippen LogP contribution in [0, 0.1) is 11.3 Å². The van der Waals surface area contributed by atoms with Crippen molar-refractivity contribution in [3.05, 3.63) is 23.8 Å². The quantitative estimate of drug-likeness (QED) is 0.640. The lowest BCUT2D eigenvalue weighted by Crippen LogP contribution is -2.26. The fourth-order valence-corrected chi connectivity index (χ4v) is 2.35. The first-order valence-electron chi connectivity index (χ1n) is 5.76. The topological polar surface area (TPSA) is 17.1 Å². The minimum atomic E-state index is 0.237.